The maximum absolute atomic E-state index is 10.1. The Bertz CT molecular complexity index is 508. The molecule has 2 rings (SSSR count). The zero-order valence-electron chi connectivity index (χ0n) is 12.4. The molecule has 0 spiro atoms. The molecular weight excluding hydrogens is 264 g/mol. The zero-order chi connectivity index (χ0) is 14.9. The molecule has 2 aromatic carbocycles. The van der Waals surface area contributed by atoms with Crippen LogP contribution < -0.4 is 4.74 Å². The summed E-state index contributed by atoms with van der Waals surface area (Å²) in [6.07, 6.45) is 0.367. The van der Waals surface area contributed by atoms with Gasteiger partial charge in [0.25, 0.3) is 0 Å². The van der Waals surface area contributed by atoms with Crippen LogP contribution in [0.3, 0.4) is 0 Å². The smallest absolute Gasteiger partial charge is 0.119 e. The highest BCUT2D eigenvalue weighted by atomic mass is 16.5. The molecule has 0 saturated carbocycles. The molecule has 0 heterocycles. The Morgan fingerprint density at radius 2 is 1.71 bits per heavy atom. The minimum absolute atomic E-state index is 0.282. The van der Waals surface area contributed by atoms with Crippen LogP contribution in [0.5, 0.6) is 5.75 Å². The first kappa shape index (κ1) is 15.5. The molecule has 0 aliphatic carbocycles. The Labute approximate surface area is 126 Å². The highest BCUT2D eigenvalue weighted by Crippen LogP contribution is 2.18. The van der Waals surface area contributed by atoms with E-state index in [1.807, 2.05) is 54.6 Å². The maximum atomic E-state index is 10.1. The van der Waals surface area contributed by atoms with Gasteiger partial charge in [0, 0.05) is 0 Å². The largest absolute Gasteiger partial charge is 0.494 e. The summed E-state index contributed by atoms with van der Waals surface area (Å²) in [6.45, 7) is 3.57. The summed E-state index contributed by atoms with van der Waals surface area (Å²) >= 11 is 0. The Morgan fingerprint density at radius 1 is 1.00 bits per heavy atom. The quantitative estimate of drug-likeness (QED) is 0.803. The van der Waals surface area contributed by atoms with Crippen molar-refractivity contribution < 1.29 is 14.6 Å². The van der Waals surface area contributed by atoms with E-state index in [4.69, 9.17) is 9.47 Å². The number of ether oxygens (including phenoxy) is 2. The van der Waals surface area contributed by atoms with Gasteiger partial charge in [-0.1, -0.05) is 49.4 Å². The van der Waals surface area contributed by atoms with E-state index in [2.05, 4.69) is 6.92 Å². The van der Waals surface area contributed by atoms with Crippen molar-refractivity contribution in [3.05, 3.63) is 65.7 Å². The average molecular weight is 286 g/mol. The first-order valence-electron chi connectivity index (χ1n) is 7.32. The summed E-state index contributed by atoms with van der Waals surface area (Å²) in [4.78, 5) is 0. The second-order valence-corrected chi connectivity index (χ2v) is 4.93. The minimum atomic E-state index is -0.617. The van der Waals surface area contributed by atoms with Crippen LogP contribution in [0.15, 0.2) is 54.6 Å². The molecular formula is C18H22O3. The lowest BCUT2D eigenvalue weighted by Crippen LogP contribution is -2.07. The van der Waals surface area contributed by atoms with Crippen LogP contribution in [-0.2, 0) is 11.3 Å². The van der Waals surface area contributed by atoms with Gasteiger partial charge in [-0.25, -0.2) is 0 Å². The van der Waals surface area contributed by atoms with E-state index in [1.54, 1.807) is 0 Å². The van der Waals surface area contributed by atoms with Crippen LogP contribution in [0, 0.1) is 0 Å². The molecule has 2 aromatic rings. The molecule has 0 amide bonds. The lowest BCUT2D eigenvalue weighted by Gasteiger charge is -2.12. The van der Waals surface area contributed by atoms with Crippen molar-refractivity contribution in [2.24, 2.45) is 0 Å². The van der Waals surface area contributed by atoms with Crippen molar-refractivity contribution in [2.75, 3.05) is 13.2 Å². The van der Waals surface area contributed by atoms with Crippen LogP contribution in [0.2, 0.25) is 0 Å². The van der Waals surface area contributed by atoms with Crippen molar-refractivity contribution in [3.8, 4) is 5.75 Å². The van der Waals surface area contributed by atoms with E-state index in [9.17, 15) is 5.11 Å². The first-order valence-corrected chi connectivity index (χ1v) is 7.32. The average Bonchev–Trinajstić information content (AvgIpc) is 2.54. The molecule has 0 fully saturated rings. The number of hydrogen-bond acceptors (Lipinski definition) is 3. The summed E-state index contributed by atoms with van der Waals surface area (Å²) in [5.41, 5.74) is 1.94. The summed E-state index contributed by atoms with van der Waals surface area (Å²) < 4.78 is 11.1. The van der Waals surface area contributed by atoms with Crippen LogP contribution >= 0.6 is 0 Å². The zero-order valence-corrected chi connectivity index (χ0v) is 12.4. The predicted octanol–water partition coefficient (Wildman–Crippen LogP) is 3.73. The molecule has 0 saturated heterocycles. The fourth-order valence-electron chi connectivity index (χ4n) is 1.96. The summed E-state index contributed by atoms with van der Waals surface area (Å²) in [7, 11) is 0. The molecule has 3 heteroatoms. The van der Waals surface area contributed by atoms with E-state index in [0.29, 0.717) is 13.2 Å². The third kappa shape index (κ3) is 5.21. The van der Waals surface area contributed by atoms with Gasteiger partial charge in [-0.2, -0.15) is 0 Å². The van der Waals surface area contributed by atoms with E-state index >= 15 is 0 Å². The van der Waals surface area contributed by atoms with Crippen molar-refractivity contribution in [2.45, 2.75) is 26.1 Å². The van der Waals surface area contributed by atoms with Gasteiger partial charge >= 0.3 is 0 Å². The SMILES string of the molecule is CCCOc1ccc(C(O)COCc2ccccc2)cc1. The normalized spacial score (nSPS) is 12.1. The molecule has 3 nitrogen and oxygen atoms in total. The molecule has 112 valence electrons. The Balaban J connectivity index is 1.78. The van der Waals surface area contributed by atoms with Crippen LogP contribution in [0.4, 0.5) is 0 Å². The standard InChI is InChI=1S/C18H22O3/c1-2-12-21-17-10-8-16(9-11-17)18(19)14-20-13-15-6-4-3-5-7-15/h3-11,18-19H,2,12-14H2,1H3. The molecule has 1 N–H and O–H groups in total. The minimum Gasteiger partial charge on any atom is -0.494 e. The molecule has 0 bridgehead atoms. The van der Waals surface area contributed by atoms with Gasteiger partial charge in [0.15, 0.2) is 0 Å². The number of aliphatic hydroxyl groups excluding tert-OH is 1. The van der Waals surface area contributed by atoms with Gasteiger partial charge < -0.3 is 14.6 Å². The molecule has 0 aromatic heterocycles. The number of aliphatic hydroxyl groups is 1. The Hall–Kier alpha value is -1.84. The van der Waals surface area contributed by atoms with E-state index in [1.165, 1.54) is 0 Å². The number of hydrogen-bond donors (Lipinski definition) is 1. The lowest BCUT2D eigenvalue weighted by atomic mass is 10.1. The van der Waals surface area contributed by atoms with Gasteiger partial charge in [-0.3, -0.25) is 0 Å². The summed E-state index contributed by atoms with van der Waals surface area (Å²) in [5.74, 6) is 0.831. The van der Waals surface area contributed by atoms with Gasteiger partial charge in [0.2, 0.25) is 0 Å². The van der Waals surface area contributed by atoms with E-state index in [0.717, 1.165) is 23.3 Å². The van der Waals surface area contributed by atoms with Gasteiger partial charge in [-0.05, 0) is 29.7 Å². The molecule has 1 unspecified atom stereocenters. The van der Waals surface area contributed by atoms with E-state index in [-0.39, 0.29) is 6.61 Å². The topological polar surface area (TPSA) is 38.7 Å². The third-order valence-corrected chi connectivity index (χ3v) is 3.12. The number of benzene rings is 2. The maximum Gasteiger partial charge on any atom is 0.119 e. The molecule has 0 radical (unpaired) electrons. The van der Waals surface area contributed by atoms with Crippen LogP contribution in [0.25, 0.3) is 0 Å². The first-order chi connectivity index (χ1) is 10.3. The lowest BCUT2D eigenvalue weighted by molar-refractivity contribution is 0.0277. The monoisotopic (exact) mass is 286 g/mol. The second-order valence-electron chi connectivity index (χ2n) is 4.93. The van der Waals surface area contributed by atoms with Gasteiger partial charge in [0.1, 0.15) is 11.9 Å². The van der Waals surface area contributed by atoms with Crippen molar-refractivity contribution in [1.82, 2.24) is 0 Å². The third-order valence-electron chi connectivity index (χ3n) is 3.12. The highest BCUT2D eigenvalue weighted by molar-refractivity contribution is 5.28. The molecule has 21 heavy (non-hydrogen) atoms. The van der Waals surface area contributed by atoms with Crippen molar-refractivity contribution >= 4 is 0 Å². The second kappa shape index (κ2) is 8.45. The Kier molecular flexibility index (Phi) is 6.25. The number of rotatable bonds is 8. The van der Waals surface area contributed by atoms with Crippen molar-refractivity contribution in [3.63, 3.8) is 0 Å². The molecule has 0 aliphatic heterocycles. The van der Waals surface area contributed by atoms with Crippen molar-refractivity contribution in [1.29, 1.82) is 0 Å². The predicted molar refractivity (Wildman–Crippen MR) is 83.3 cm³/mol. The Morgan fingerprint density at radius 3 is 2.38 bits per heavy atom. The van der Waals surface area contributed by atoms with Crippen LogP contribution in [0.1, 0.15) is 30.6 Å². The fourth-order valence-corrected chi connectivity index (χ4v) is 1.96. The molecule has 1 atom stereocenters. The molecule has 0 aliphatic rings. The summed E-state index contributed by atoms with van der Waals surface area (Å²) in [6, 6.07) is 17.5. The highest BCUT2D eigenvalue weighted by Gasteiger charge is 2.08. The van der Waals surface area contributed by atoms with Crippen LogP contribution in [-0.4, -0.2) is 18.3 Å². The fraction of sp³-hybridized carbons (Fsp3) is 0.333. The summed E-state index contributed by atoms with van der Waals surface area (Å²) in [5, 5.41) is 10.1. The van der Waals surface area contributed by atoms with Gasteiger partial charge in [0.05, 0.1) is 19.8 Å². The van der Waals surface area contributed by atoms with Gasteiger partial charge in [-0.15, -0.1) is 0 Å². The van der Waals surface area contributed by atoms with E-state index < -0.39 is 6.10 Å².